The van der Waals surface area contributed by atoms with Crippen LogP contribution in [0.25, 0.3) is 0 Å². The molecule has 138 valence electrons. The summed E-state index contributed by atoms with van der Waals surface area (Å²) in [4.78, 5) is 25.4. The van der Waals surface area contributed by atoms with Gasteiger partial charge in [0.15, 0.2) is 0 Å². The maximum Gasteiger partial charge on any atom is 0.270 e. The van der Waals surface area contributed by atoms with Crippen LogP contribution < -0.4 is 5.73 Å². The number of carbonyl (C=O) groups excluding carboxylic acids is 2. The van der Waals surface area contributed by atoms with E-state index >= 15 is 0 Å². The van der Waals surface area contributed by atoms with Gasteiger partial charge in [-0.15, -0.1) is 0 Å². The number of hydrogen-bond donors (Lipinski definition) is 1. The number of aromatic nitrogens is 1. The van der Waals surface area contributed by atoms with Gasteiger partial charge in [0.25, 0.3) is 5.91 Å². The summed E-state index contributed by atoms with van der Waals surface area (Å²) in [6.07, 6.45) is 6.14. The number of piperidine rings is 1. The Hall–Kier alpha value is -2.56. The Labute approximate surface area is 154 Å². The van der Waals surface area contributed by atoms with Crippen LogP contribution in [-0.4, -0.2) is 34.4 Å². The predicted molar refractivity (Wildman–Crippen MR) is 102 cm³/mol. The molecule has 2 N–H and O–H groups in total. The second kappa shape index (κ2) is 8.21. The van der Waals surface area contributed by atoms with Crippen LogP contribution in [0.1, 0.15) is 40.9 Å². The van der Waals surface area contributed by atoms with Crippen molar-refractivity contribution < 1.29 is 9.59 Å². The third-order valence-electron chi connectivity index (χ3n) is 5.27. The Bertz CT molecular complexity index is 756. The highest BCUT2D eigenvalue weighted by molar-refractivity contribution is 5.92. The number of rotatable bonds is 6. The molecule has 1 saturated heterocycles. The summed E-state index contributed by atoms with van der Waals surface area (Å²) < 4.78 is 1.88. The van der Waals surface area contributed by atoms with Gasteiger partial charge < -0.3 is 15.2 Å². The lowest BCUT2D eigenvalue weighted by Gasteiger charge is -2.32. The van der Waals surface area contributed by atoms with E-state index in [4.69, 9.17) is 5.73 Å². The lowest BCUT2D eigenvalue weighted by Crippen LogP contribution is -2.39. The van der Waals surface area contributed by atoms with Crippen molar-refractivity contribution in [1.29, 1.82) is 0 Å². The molecule has 1 aromatic carbocycles. The summed E-state index contributed by atoms with van der Waals surface area (Å²) in [7, 11) is 1.91. The first-order valence-electron chi connectivity index (χ1n) is 9.29. The molecule has 26 heavy (non-hydrogen) atoms. The number of nitrogens with zero attached hydrogens (tertiary/aromatic N) is 2. The fraction of sp³-hybridized carbons (Fsp3) is 0.429. The number of hydrogen-bond acceptors (Lipinski definition) is 2. The van der Waals surface area contributed by atoms with Crippen molar-refractivity contribution in [2.45, 2.75) is 32.1 Å². The molecule has 1 fully saturated rings. The minimum atomic E-state index is -0.259. The molecular formula is C21H27N3O2. The first-order chi connectivity index (χ1) is 12.5. The highest BCUT2D eigenvalue weighted by atomic mass is 16.2. The van der Waals surface area contributed by atoms with Crippen molar-refractivity contribution in [3.8, 4) is 0 Å². The molecule has 0 radical (unpaired) electrons. The van der Waals surface area contributed by atoms with Crippen molar-refractivity contribution in [3.05, 3.63) is 59.4 Å². The van der Waals surface area contributed by atoms with Crippen LogP contribution in [0.2, 0.25) is 0 Å². The molecule has 1 aromatic heterocycles. The lowest BCUT2D eigenvalue weighted by molar-refractivity contribution is -0.117. The Morgan fingerprint density at radius 3 is 2.31 bits per heavy atom. The second-order valence-corrected chi connectivity index (χ2v) is 7.23. The summed E-state index contributed by atoms with van der Waals surface area (Å²) in [6.45, 7) is 1.65. The largest absolute Gasteiger partial charge is 0.370 e. The van der Waals surface area contributed by atoms with E-state index in [1.165, 1.54) is 5.56 Å². The third-order valence-corrected chi connectivity index (χ3v) is 5.27. The molecule has 0 aliphatic carbocycles. The molecule has 5 nitrogen and oxygen atoms in total. The fourth-order valence-corrected chi connectivity index (χ4v) is 3.63. The van der Waals surface area contributed by atoms with Crippen LogP contribution in [0.4, 0.5) is 0 Å². The second-order valence-electron chi connectivity index (χ2n) is 7.23. The van der Waals surface area contributed by atoms with Crippen molar-refractivity contribution in [2.24, 2.45) is 18.7 Å². The van der Waals surface area contributed by atoms with Gasteiger partial charge in [0.05, 0.1) is 0 Å². The van der Waals surface area contributed by atoms with Gasteiger partial charge in [-0.3, -0.25) is 9.59 Å². The number of benzene rings is 1. The lowest BCUT2D eigenvalue weighted by atomic mass is 9.89. The Balaban J connectivity index is 1.49. The van der Waals surface area contributed by atoms with Crippen LogP contribution >= 0.6 is 0 Å². The fourth-order valence-electron chi connectivity index (χ4n) is 3.63. The SMILES string of the molecule is Cn1cccc1C(=O)N1CCC(Cc2ccc(CCC(N)=O)cc2)CC1. The monoisotopic (exact) mass is 353 g/mol. The van der Waals surface area contributed by atoms with E-state index < -0.39 is 0 Å². The van der Waals surface area contributed by atoms with E-state index in [-0.39, 0.29) is 11.8 Å². The number of aryl methyl sites for hydroxylation is 2. The third kappa shape index (κ3) is 4.54. The minimum absolute atomic E-state index is 0.134. The van der Waals surface area contributed by atoms with Gasteiger partial charge in [-0.05, 0) is 54.9 Å². The van der Waals surface area contributed by atoms with E-state index in [2.05, 4.69) is 24.3 Å². The Morgan fingerprint density at radius 2 is 1.73 bits per heavy atom. The summed E-state index contributed by atoms with van der Waals surface area (Å²) in [6, 6.07) is 12.3. The maximum absolute atomic E-state index is 12.6. The van der Waals surface area contributed by atoms with Gasteiger partial charge in [0.2, 0.25) is 5.91 Å². The van der Waals surface area contributed by atoms with Gasteiger partial charge in [0, 0.05) is 32.8 Å². The number of carbonyl (C=O) groups is 2. The first kappa shape index (κ1) is 18.2. The molecule has 0 saturated carbocycles. The van der Waals surface area contributed by atoms with E-state index in [1.807, 2.05) is 34.8 Å². The highest BCUT2D eigenvalue weighted by Gasteiger charge is 2.24. The van der Waals surface area contributed by atoms with E-state index in [1.54, 1.807) is 0 Å². The van der Waals surface area contributed by atoms with Gasteiger partial charge in [0.1, 0.15) is 5.69 Å². The number of likely N-dealkylation sites (tertiary alicyclic amines) is 1. The van der Waals surface area contributed by atoms with Gasteiger partial charge in [-0.1, -0.05) is 24.3 Å². The average Bonchev–Trinajstić information content (AvgIpc) is 3.07. The molecule has 0 atom stereocenters. The standard InChI is InChI=1S/C21H27N3O2/c1-23-12-2-3-19(23)21(26)24-13-10-18(11-14-24)15-17-6-4-16(5-7-17)8-9-20(22)25/h2-7,12,18H,8-11,13-15H2,1H3,(H2,22,25). The zero-order valence-corrected chi connectivity index (χ0v) is 15.4. The quantitative estimate of drug-likeness (QED) is 0.867. The summed E-state index contributed by atoms with van der Waals surface area (Å²) in [5, 5.41) is 0. The van der Waals surface area contributed by atoms with Crippen molar-refractivity contribution in [3.63, 3.8) is 0 Å². The molecule has 5 heteroatoms. The number of primary amides is 1. The molecule has 0 bridgehead atoms. The molecule has 0 unspecified atom stereocenters. The van der Waals surface area contributed by atoms with Crippen molar-refractivity contribution in [1.82, 2.24) is 9.47 Å². The maximum atomic E-state index is 12.6. The van der Waals surface area contributed by atoms with E-state index in [9.17, 15) is 9.59 Å². The zero-order valence-electron chi connectivity index (χ0n) is 15.4. The molecule has 2 heterocycles. The predicted octanol–water partition coefficient (Wildman–Crippen LogP) is 2.54. The average molecular weight is 353 g/mol. The Kier molecular flexibility index (Phi) is 5.76. The van der Waals surface area contributed by atoms with Crippen LogP contribution in [-0.2, 0) is 24.7 Å². The van der Waals surface area contributed by atoms with E-state index in [0.717, 1.165) is 43.6 Å². The number of amides is 2. The zero-order chi connectivity index (χ0) is 18.5. The molecular weight excluding hydrogens is 326 g/mol. The normalized spacial score (nSPS) is 15.2. The molecule has 2 aromatic rings. The highest BCUT2D eigenvalue weighted by Crippen LogP contribution is 2.23. The van der Waals surface area contributed by atoms with Crippen LogP contribution in [0.5, 0.6) is 0 Å². The number of nitrogens with two attached hydrogens (primary N) is 1. The van der Waals surface area contributed by atoms with Gasteiger partial charge in [-0.2, -0.15) is 0 Å². The molecule has 3 rings (SSSR count). The molecule has 1 aliphatic rings. The Morgan fingerprint density at radius 1 is 1.08 bits per heavy atom. The topological polar surface area (TPSA) is 68.3 Å². The first-order valence-corrected chi connectivity index (χ1v) is 9.29. The summed E-state index contributed by atoms with van der Waals surface area (Å²) >= 11 is 0. The van der Waals surface area contributed by atoms with Crippen LogP contribution in [0, 0.1) is 5.92 Å². The van der Waals surface area contributed by atoms with Gasteiger partial charge in [-0.25, -0.2) is 0 Å². The smallest absolute Gasteiger partial charge is 0.270 e. The van der Waals surface area contributed by atoms with Crippen molar-refractivity contribution >= 4 is 11.8 Å². The molecule has 1 aliphatic heterocycles. The summed E-state index contributed by atoms with van der Waals surface area (Å²) in [5.41, 5.74) is 8.42. The van der Waals surface area contributed by atoms with Crippen LogP contribution in [0.15, 0.2) is 42.6 Å². The molecule has 2 amide bonds. The van der Waals surface area contributed by atoms with E-state index in [0.29, 0.717) is 18.8 Å². The summed E-state index contributed by atoms with van der Waals surface area (Å²) in [5.74, 6) is 0.490. The van der Waals surface area contributed by atoms with Crippen molar-refractivity contribution in [2.75, 3.05) is 13.1 Å². The minimum Gasteiger partial charge on any atom is -0.370 e. The van der Waals surface area contributed by atoms with Gasteiger partial charge >= 0.3 is 0 Å². The van der Waals surface area contributed by atoms with Crippen LogP contribution in [0.3, 0.4) is 0 Å². The molecule has 0 spiro atoms.